The van der Waals surface area contributed by atoms with E-state index < -0.39 is 5.60 Å². The molecule has 0 spiro atoms. The van der Waals surface area contributed by atoms with Crippen LogP contribution in [0.1, 0.15) is 52.4 Å². The Bertz CT molecular complexity index is 173. The summed E-state index contributed by atoms with van der Waals surface area (Å²) in [7, 11) is 0. The van der Waals surface area contributed by atoms with E-state index in [1.54, 1.807) is 0 Å². The van der Waals surface area contributed by atoms with Crippen LogP contribution in [0.4, 0.5) is 0 Å². The molecule has 1 aliphatic rings. The first-order valence-electron chi connectivity index (χ1n) is 6.73. The lowest BCUT2D eigenvalue weighted by Gasteiger charge is -2.31. The summed E-state index contributed by atoms with van der Waals surface area (Å²) in [6.45, 7) is 6.72. The average Bonchev–Trinajstić information content (AvgIpc) is 2.29. The van der Waals surface area contributed by atoms with Crippen LogP contribution in [0.5, 0.6) is 0 Å². The monoisotopic (exact) mass is 229 g/mol. The summed E-state index contributed by atoms with van der Waals surface area (Å²) in [5.41, 5.74) is -0.498. The van der Waals surface area contributed by atoms with Gasteiger partial charge in [0.25, 0.3) is 0 Å². The highest BCUT2D eigenvalue weighted by Gasteiger charge is 2.26. The van der Waals surface area contributed by atoms with Crippen LogP contribution >= 0.6 is 0 Å². The van der Waals surface area contributed by atoms with E-state index in [-0.39, 0.29) is 0 Å². The van der Waals surface area contributed by atoms with Gasteiger partial charge in [-0.05, 0) is 25.7 Å². The molecule has 0 aromatic rings. The number of nitrogens with one attached hydrogen (secondary N) is 1. The van der Waals surface area contributed by atoms with Gasteiger partial charge in [0.05, 0.1) is 5.60 Å². The Balaban J connectivity index is 2.30. The van der Waals surface area contributed by atoms with Gasteiger partial charge in [0.15, 0.2) is 0 Å². The molecule has 96 valence electrons. The standard InChI is InChI=1S/C13H27NO2/c1-3-7-13(15,8-4-2)11-14-12-5-9-16-10-6-12/h12,14-15H,3-11H2,1-2H3. The Labute approximate surface area is 99.6 Å². The molecule has 0 radical (unpaired) electrons. The van der Waals surface area contributed by atoms with Gasteiger partial charge in [-0.3, -0.25) is 0 Å². The molecule has 0 bridgehead atoms. The maximum absolute atomic E-state index is 10.4. The summed E-state index contributed by atoms with van der Waals surface area (Å²) >= 11 is 0. The maximum Gasteiger partial charge on any atom is 0.0771 e. The van der Waals surface area contributed by atoms with Crippen LogP contribution in [0, 0.1) is 0 Å². The van der Waals surface area contributed by atoms with Crippen molar-refractivity contribution in [3.63, 3.8) is 0 Å². The van der Waals surface area contributed by atoms with E-state index >= 15 is 0 Å². The summed E-state index contributed by atoms with van der Waals surface area (Å²) in [4.78, 5) is 0. The van der Waals surface area contributed by atoms with Crippen LogP contribution in [0.25, 0.3) is 0 Å². The highest BCUT2D eigenvalue weighted by atomic mass is 16.5. The van der Waals surface area contributed by atoms with Crippen molar-refractivity contribution in [2.75, 3.05) is 19.8 Å². The van der Waals surface area contributed by atoms with E-state index in [9.17, 15) is 5.11 Å². The summed E-state index contributed by atoms with van der Waals surface area (Å²) in [6.07, 6.45) is 6.05. The van der Waals surface area contributed by atoms with Crippen LogP contribution in [0.3, 0.4) is 0 Å². The van der Waals surface area contributed by atoms with Crippen LogP contribution in [-0.4, -0.2) is 36.5 Å². The SMILES string of the molecule is CCCC(O)(CCC)CNC1CCOCC1. The van der Waals surface area contributed by atoms with Crippen molar-refractivity contribution < 1.29 is 9.84 Å². The van der Waals surface area contributed by atoms with Gasteiger partial charge >= 0.3 is 0 Å². The van der Waals surface area contributed by atoms with Gasteiger partial charge < -0.3 is 15.2 Å². The molecular formula is C13H27NO2. The molecule has 0 unspecified atom stereocenters. The zero-order chi connectivity index (χ0) is 11.9. The van der Waals surface area contributed by atoms with Gasteiger partial charge in [0, 0.05) is 25.8 Å². The second kappa shape index (κ2) is 7.25. The van der Waals surface area contributed by atoms with E-state index in [0.29, 0.717) is 6.04 Å². The van der Waals surface area contributed by atoms with E-state index in [0.717, 1.165) is 58.3 Å². The van der Waals surface area contributed by atoms with Gasteiger partial charge in [0.1, 0.15) is 0 Å². The van der Waals surface area contributed by atoms with Crippen LogP contribution in [0.15, 0.2) is 0 Å². The van der Waals surface area contributed by atoms with E-state index in [2.05, 4.69) is 19.2 Å². The Morgan fingerprint density at radius 1 is 1.19 bits per heavy atom. The number of hydrogen-bond donors (Lipinski definition) is 2. The third-order valence-corrected chi connectivity index (χ3v) is 3.37. The Morgan fingerprint density at radius 3 is 2.25 bits per heavy atom. The van der Waals surface area contributed by atoms with Crippen molar-refractivity contribution in [2.24, 2.45) is 0 Å². The third kappa shape index (κ3) is 4.81. The minimum atomic E-state index is -0.498. The van der Waals surface area contributed by atoms with Crippen molar-refractivity contribution in [1.29, 1.82) is 0 Å². The van der Waals surface area contributed by atoms with Gasteiger partial charge in [0.2, 0.25) is 0 Å². The largest absolute Gasteiger partial charge is 0.389 e. The molecule has 0 atom stereocenters. The summed E-state index contributed by atoms with van der Waals surface area (Å²) in [5, 5.41) is 13.9. The third-order valence-electron chi connectivity index (χ3n) is 3.37. The predicted octanol–water partition coefficient (Wildman–Crippen LogP) is 2.09. The lowest BCUT2D eigenvalue weighted by atomic mass is 9.92. The van der Waals surface area contributed by atoms with Gasteiger partial charge in [-0.1, -0.05) is 26.7 Å². The molecule has 1 saturated heterocycles. The van der Waals surface area contributed by atoms with Crippen LogP contribution in [-0.2, 0) is 4.74 Å². The molecule has 0 aromatic carbocycles. The lowest BCUT2D eigenvalue weighted by Crippen LogP contribution is -2.46. The zero-order valence-corrected chi connectivity index (χ0v) is 10.8. The molecular weight excluding hydrogens is 202 g/mol. The Morgan fingerprint density at radius 2 is 1.75 bits per heavy atom. The maximum atomic E-state index is 10.4. The molecule has 0 amide bonds. The second-order valence-corrected chi connectivity index (χ2v) is 4.99. The molecule has 1 rings (SSSR count). The van der Waals surface area contributed by atoms with Crippen molar-refractivity contribution >= 4 is 0 Å². The van der Waals surface area contributed by atoms with Gasteiger partial charge in [-0.2, -0.15) is 0 Å². The van der Waals surface area contributed by atoms with Crippen LogP contribution < -0.4 is 5.32 Å². The Hall–Kier alpha value is -0.120. The van der Waals surface area contributed by atoms with Crippen molar-refractivity contribution in [1.82, 2.24) is 5.32 Å². The number of hydrogen-bond acceptors (Lipinski definition) is 3. The van der Waals surface area contributed by atoms with Crippen LogP contribution in [0.2, 0.25) is 0 Å². The molecule has 1 heterocycles. The number of ether oxygens (including phenoxy) is 1. The first-order valence-corrected chi connectivity index (χ1v) is 6.73. The molecule has 1 fully saturated rings. The summed E-state index contributed by atoms with van der Waals surface area (Å²) in [5.74, 6) is 0. The highest BCUT2D eigenvalue weighted by Crippen LogP contribution is 2.19. The molecule has 0 aliphatic carbocycles. The molecule has 3 heteroatoms. The smallest absolute Gasteiger partial charge is 0.0771 e. The van der Waals surface area contributed by atoms with E-state index in [4.69, 9.17) is 4.74 Å². The van der Waals surface area contributed by atoms with Crippen molar-refractivity contribution in [3.05, 3.63) is 0 Å². The first kappa shape index (κ1) is 13.9. The molecule has 3 nitrogen and oxygen atoms in total. The normalized spacial score (nSPS) is 18.9. The number of rotatable bonds is 7. The minimum Gasteiger partial charge on any atom is -0.389 e. The fourth-order valence-corrected chi connectivity index (χ4v) is 2.47. The molecule has 0 saturated carbocycles. The molecule has 0 aromatic heterocycles. The van der Waals surface area contributed by atoms with E-state index in [1.165, 1.54) is 0 Å². The first-order chi connectivity index (χ1) is 7.70. The van der Waals surface area contributed by atoms with Crippen molar-refractivity contribution in [2.45, 2.75) is 64.0 Å². The topological polar surface area (TPSA) is 41.5 Å². The van der Waals surface area contributed by atoms with Gasteiger partial charge in [-0.15, -0.1) is 0 Å². The highest BCUT2D eigenvalue weighted by molar-refractivity contribution is 4.83. The molecule has 16 heavy (non-hydrogen) atoms. The molecule has 2 N–H and O–H groups in total. The summed E-state index contributed by atoms with van der Waals surface area (Å²) < 4.78 is 5.32. The lowest BCUT2D eigenvalue weighted by molar-refractivity contribution is 0.0116. The Kier molecular flexibility index (Phi) is 6.32. The predicted molar refractivity (Wildman–Crippen MR) is 66.6 cm³/mol. The molecule has 1 aliphatic heterocycles. The number of aliphatic hydroxyl groups is 1. The average molecular weight is 229 g/mol. The van der Waals surface area contributed by atoms with Gasteiger partial charge in [-0.25, -0.2) is 0 Å². The van der Waals surface area contributed by atoms with Crippen molar-refractivity contribution in [3.8, 4) is 0 Å². The fourth-order valence-electron chi connectivity index (χ4n) is 2.47. The minimum absolute atomic E-state index is 0.498. The quantitative estimate of drug-likeness (QED) is 0.702. The fraction of sp³-hybridized carbons (Fsp3) is 1.00. The zero-order valence-electron chi connectivity index (χ0n) is 10.8. The van der Waals surface area contributed by atoms with E-state index in [1.807, 2.05) is 0 Å². The second-order valence-electron chi connectivity index (χ2n) is 4.99. The summed E-state index contributed by atoms with van der Waals surface area (Å²) in [6, 6.07) is 0.536.